The molecule has 1 saturated heterocycles. The average molecular weight is 555 g/mol. The van der Waals surface area contributed by atoms with Gasteiger partial charge in [0.05, 0.1) is 21.8 Å². The summed E-state index contributed by atoms with van der Waals surface area (Å²) in [5.41, 5.74) is 0.976. The number of anilines is 3. The number of amides is 3. The average Bonchev–Trinajstić information content (AvgIpc) is 3.54. The number of rotatable bonds is 6. The molecule has 37 heavy (non-hydrogen) atoms. The molecule has 1 aromatic carbocycles. The standard InChI is InChI=1S/C25H23ClN6O3S2/c1-31-8-6-14(7-9-31)29-23(33)21-20-19-22(27-13-28-24(19)37-21)32(25(34)30-20)15-4-5-18(17(26)11-15)35-12-16-3-2-10-36-16/h2-5,10-11,13-14H,6-9,12H2,1H3,(H,29,33)(H,30,34). The lowest BCUT2D eigenvalue weighted by molar-refractivity contribution is 0.0922. The van der Waals surface area contributed by atoms with Gasteiger partial charge in [-0.2, -0.15) is 0 Å². The zero-order valence-corrected chi connectivity index (χ0v) is 22.3. The summed E-state index contributed by atoms with van der Waals surface area (Å²) >= 11 is 9.38. The molecule has 3 amide bonds. The molecule has 2 aliphatic rings. The molecule has 190 valence electrons. The fourth-order valence-electron chi connectivity index (χ4n) is 4.56. The summed E-state index contributed by atoms with van der Waals surface area (Å²) in [7, 11) is 2.08. The normalized spacial score (nSPS) is 16.2. The van der Waals surface area contributed by atoms with Gasteiger partial charge in [0.15, 0.2) is 5.82 Å². The van der Waals surface area contributed by atoms with Gasteiger partial charge in [0.25, 0.3) is 5.91 Å². The molecule has 0 spiro atoms. The van der Waals surface area contributed by atoms with Crippen molar-refractivity contribution in [2.24, 2.45) is 0 Å². The van der Waals surface area contributed by atoms with Crippen molar-refractivity contribution in [3.8, 4) is 5.75 Å². The van der Waals surface area contributed by atoms with Crippen LogP contribution in [0.5, 0.6) is 5.75 Å². The van der Waals surface area contributed by atoms with Crippen molar-refractivity contribution in [3.05, 3.63) is 56.8 Å². The molecule has 1 fully saturated rings. The Labute approximate surface area is 226 Å². The summed E-state index contributed by atoms with van der Waals surface area (Å²) in [6, 6.07) is 8.80. The number of benzene rings is 1. The van der Waals surface area contributed by atoms with Gasteiger partial charge in [-0.05, 0) is 62.6 Å². The van der Waals surface area contributed by atoms with Crippen molar-refractivity contribution < 1.29 is 14.3 Å². The van der Waals surface area contributed by atoms with E-state index in [0.29, 0.717) is 49.7 Å². The van der Waals surface area contributed by atoms with Crippen molar-refractivity contribution in [1.29, 1.82) is 0 Å². The number of nitrogens with zero attached hydrogens (tertiary/aromatic N) is 4. The summed E-state index contributed by atoms with van der Waals surface area (Å²) in [5, 5.41) is 9.03. The van der Waals surface area contributed by atoms with Gasteiger partial charge in [-0.25, -0.2) is 19.7 Å². The minimum Gasteiger partial charge on any atom is -0.487 e. The number of hydrogen-bond donors (Lipinski definition) is 2. The van der Waals surface area contributed by atoms with Crippen LogP contribution in [0.25, 0.3) is 10.2 Å². The predicted molar refractivity (Wildman–Crippen MR) is 147 cm³/mol. The van der Waals surface area contributed by atoms with Crippen LogP contribution in [0.1, 0.15) is 27.4 Å². The van der Waals surface area contributed by atoms with Crippen LogP contribution in [-0.2, 0) is 6.61 Å². The zero-order chi connectivity index (χ0) is 25.5. The quantitative estimate of drug-likeness (QED) is 0.327. The number of aromatic nitrogens is 2. The van der Waals surface area contributed by atoms with E-state index in [9.17, 15) is 9.59 Å². The van der Waals surface area contributed by atoms with E-state index in [1.54, 1.807) is 29.5 Å². The Morgan fingerprint density at radius 1 is 1.27 bits per heavy atom. The third-order valence-corrected chi connectivity index (χ3v) is 8.74. The predicted octanol–water partition coefficient (Wildman–Crippen LogP) is 5.49. The van der Waals surface area contributed by atoms with E-state index in [1.807, 2.05) is 17.5 Å². The first-order valence-corrected chi connectivity index (χ1v) is 13.9. The number of thiophene rings is 2. The molecule has 3 aromatic heterocycles. The van der Waals surface area contributed by atoms with E-state index in [0.717, 1.165) is 30.8 Å². The van der Waals surface area contributed by atoms with Crippen LogP contribution in [0.15, 0.2) is 42.0 Å². The molecule has 0 saturated carbocycles. The summed E-state index contributed by atoms with van der Waals surface area (Å²) < 4.78 is 5.85. The van der Waals surface area contributed by atoms with Crippen LogP contribution >= 0.6 is 34.3 Å². The van der Waals surface area contributed by atoms with Crippen molar-refractivity contribution in [1.82, 2.24) is 20.2 Å². The smallest absolute Gasteiger partial charge is 0.332 e. The van der Waals surface area contributed by atoms with Crippen LogP contribution in [0.3, 0.4) is 0 Å². The monoisotopic (exact) mass is 554 g/mol. The van der Waals surface area contributed by atoms with Gasteiger partial charge in [0.1, 0.15) is 28.4 Å². The number of urea groups is 1. The van der Waals surface area contributed by atoms with Crippen molar-refractivity contribution in [2.75, 3.05) is 30.4 Å². The van der Waals surface area contributed by atoms with Gasteiger partial charge in [-0.15, -0.1) is 22.7 Å². The highest BCUT2D eigenvalue weighted by Crippen LogP contribution is 2.45. The van der Waals surface area contributed by atoms with Crippen LogP contribution in [0.2, 0.25) is 5.02 Å². The molecule has 0 atom stereocenters. The van der Waals surface area contributed by atoms with E-state index in [4.69, 9.17) is 16.3 Å². The maximum Gasteiger partial charge on any atom is 0.332 e. The first kappa shape index (κ1) is 24.1. The zero-order valence-electron chi connectivity index (χ0n) is 19.9. The minimum atomic E-state index is -0.428. The van der Waals surface area contributed by atoms with Gasteiger partial charge in [-0.3, -0.25) is 4.79 Å². The van der Waals surface area contributed by atoms with E-state index < -0.39 is 6.03 Å². The lowest BCUT2D eigenvalue weighted by atomic mass is 10.1. The van der Waals surface area contributed by atoms with E-state index >= 15 is 0 Å². The molecule has 9 nitrogen and oxygen atoms in total. The second kappa shape index (κ2) is 9.90. The summed E-state index contributed by atoms with van der Waals surface area (Å²) in [5.74, 6) is 0.720. The Kier molecular flexibility index (Phi) is 6.45. The van der Waals surface area contributed by atoms with E-state index in [-0.39, 0.29) is 11.9 Å². The van der Waals surface area contributed by atoms with Crippen LogP contribution in [-0.4, -0.2) is 53.0 Å². The highest BCUT2D eigenvalue weighted by molar-refractivity contribution is 7.21. The van der Waals surface area contributed by atoms with Crippen LogP contribution in [0.4, 0.5) is 22.0 Å². The van der Waals surface area contributed by atoms with Gasteiger partial charge in [0.2, 0.25) is 0 Å². The van der Waals surface area contributed by atoms with Gasteiger partial charge in [0, 0.05) is 10.9 Å². The number of carbonyl (C=O) groups is 2. The SMILES string of the molecule is CN1CCC(NC(=O)c2sc3ncnc4c3c2NC(=O)N4c2ccc(OCc3cccs3)c(Cl)c2)CC1. The summed E-state index contributed by atoms with van der Waals surface area (Å²) in [6.45, 7) is 2.28. The van der Waals surface area contributed by atoms with Gasteiger partial charge >= 0.3 is 6.03 Å². The molecule has 4 aromatic rings. The van der Waals surface area contributed by atoms with Crippen LogP contribution < -0.4 is 20.3 Å². The third kappa shape index (κ3) is 4.63. The van der Waals surface area contributed by atoms with E-state index in [2.05, 4.69) is 32.5 Å². The molecular formula is C25H23ClN6O3S2. The topological polar surface area (TPSA) is 99.7 Å². The number of carbonyl (C=O) groups excluding carboxylic acids is 2. The molecule has 5 heterocycles. The third-order valence-electron chi connectivity index (χ3n) is 6.50. The second-order valence-electron chi connectivity index (χ2n) is 8.98. The number of piperidine rings is 1. The number of nitrogens with one attached hydrogen (secondary N) is 2. The Morgan fingerprint density at radius 2 is 2.11 bits per heavy atom. The summed E-state index contributed by atoms with van der Waals surface area (Å²) in [6.07, 6.45) is 3.19. The number of ether oxygens (including phenoxy) is 1. The molecule has 0 aliphatic carbocycles. The fourth-order valence-corrected chi connectivity index (χ4v) is 6.40. The molecule has 12 heteroatoms. The number of likely N-dealkylation sites (tertiary alicyclic amines) is 1. The highest BCUT2D eigenvalue weighted by Gasteiger charge is 2.34. The molecule has 2 N–H and O–H groups in total. The lowest BCUT2D eigenvalue weighted by Gasteiger charge is -2.30. The van der Waals surface area contributed by atoms with Crippen molar-refractivity contribution in [3.63, 3.8) is 0 Å². The first-order chi connectivity index (χ1) is 18.0. The summed E-state index contributed by atoms with van der Waals surface area (Å²) in [4.78, 5) is 41.1. The fraction of sp³-hybridized carbons (Fsp3) is 0.280. The number of halogens is 1. The molecule has 6 rings (SSSR count). The maximum absolute atomic E-state index is 13.3. The van der Waals surface area contributed by atoms with Gasteiger partial charge in [-0.1, -0.05) is 17.7 Å². The molecule has 0 bridgehead atoms. The van der Waals surface area contributed by atoms with Crippen molar-refractivity contribution >= 4 is 73.6 Å². The molecular weight excluding hydrogens is 532 g/mol. The molecule has 0 unspecified atom stereocenters. The minimum absolute atomic E-state index is 0.102. The van der Waals surface area contributed by atoms with E-state index in [1.165, 1.54) is 22.6 Å². The first-order valence-electron chi connectivity index (χ1n) is 11.8. The Morgan fingerprint density at radius 3 is 2.86 bits per heavy atom. The van der Waals surface area contributed by atoms with Crippen molar-refractivity contribution in [2.45, 2.75) is 25.5 Å². The molecule has 2 aliphatic heterocycles. The van der Waals surface area contributed by atoms with Gasteiger partial charge < -0.3 is 20.3 Å². The number of hydrogen-bond acceptors (Lipinski definition) is 8. The Hall–Kier alpha value is -3.25. The second-order valence-corrected chi connectivity index (χ2v) is 11.4. The Balaban J connectivity index is 1.29. The van der Waals surface area contributed by atoms with Crippen LogP contribution in [0, 0.1) is 0 Å². The highest BCUT2D eigenvalue weighted by atomic mass is 35.5. The Bertz CT molecular complexity index is 1480. The largest absolute Gasteiger partial charge is 0.487 e. The molecule has 0 radical (unpaired) electrons. The maximum atomic E-state index is 13.3. The lowest BCUT2D eigenvalue weighted by Crippen LogP contribution is -2.43.